The van der Waals surface area contributed by atoms with E-state index in [2.05, 4.69) is 15.4 Å². The topological polar surface area (TPSA) is 78.3 Å². The molecule has 134 valence electrons. The highest BCUT2D eigenvalue weighted by Crippen LogP contribution is 2.22. The molecule has 1 heterocycles. The lowest BCUT2D eigenvalue weighted by Gasteiger charge is -2.10. The predicted molar refractivity (Wildman–Crippen MR) is 96.3 cm³/mol. The summed E-state index contributed by atoms with van der Waals surface area (Å²) in [5, 5.41) is 6.97. The molecule has 1 amide bonds. The number of nitrogens with zero attached hydrogens (tertiary/aromatic N) is 3. The van der Waals surface area contributed by atoms with E-state index in [0.29, 0.717) is 30.2 Å². The van der Waals surface area contributed by atoms with E-state index >= 15 is 0 Å². The molecule has 1 aromatic heterocycles. The fourth-order valence-corrected chi connectivity index (χ4v) is 2.52. The Morgan fingerprint density at radius 3 is 2.31 bits per heavy atom. The predicted octanol–water partition coefficient (Wildman–Crippen LogP) is 2.27. The van der Waals surface area contributed by atoms with E-state index < -0.39 is 0 Å². The molecule has 7 heteroatoms. The molecule has 0 fully saturated rings. The smallest absolute Gasteiger partial charge is 0.251 e. The average Bonchev–Trinajstić information content (AvgIpc) is 3.19. The first-order valence-corrected chi connectivity index (χ1v) is 8.09. The van der Waals surface area contributed by atoms with Crippen molar-refractivity contribution in [3.8, 4) is 11.5 Å². The van der Waals surface area contributed by atoms with Crippen LogP contribution in [0.25, 0.3) is 0 Å². The molecule has 0 aliphatic rings. The summed E-state index contributed by atoms with van der Waals surface area (Å²) in [5.41, 5.74) is 2.55. The summed E-state index contributed by atoms with van der Waals surface area (Å²) in [6.45, 7) is 0.999. The molecular weight excluding hydrogens is 332 g/mol. The highest BCUT2D eigenvalue weighted by molar-refractivity contribution is 5.94. The van der Waals surface area contributed by atoms with E-state index in [1.54, 1.807) is 43.4 Å². The lowest BCUT2D eigenvalue weighted by Crippen LogP contribution is -2.22. The van der Waals surface area contributed by atoms with Crippen molar-refractivity contribution in [3.63, 3.8) is 0 Å². The molecule has 0 bridgehead atoms. The Hall–Kier alpha value is -3.35. The van der Waals surface area contributed by atoms with Gasteiger partial charge in [0.1, 0.15) is 24.2 Å². The van der Waals surface area contributed by atoms with Gasteiger partial charge in [-0.3, -0.25) is 4.79 Å². The Balaban J connectivity index is 1.61. The van der Waals surface area contributed by atoms with Gasteiger partial charge in [0.05, 0.1) is 20.8 Å². The maximum absolute atomic E-state index is 12.4. The maximum atomic E-state index is 12.4. The molecule has 0 atom stereocenters. The lowest BCUT2D eigenvalue weighted by atomic mass is 10.1. The summed E-state index contributed by atoms with van der Waals surface area (Å²) in [7, 11) is 3.19. The van der Waals surface area contributed by atoms with Crippen molar-refractivity contribution in [2.75, 3.05) is 14.2 Å². The zero-order valence-corrected chi connectivity index (χ0v) is 14.7. The van der Waals surface area contributed by atoms with E-state index in [1.807, 2.05) is 24.3 Å². The van der Waals surface area contributed by atoms with Crippen LogP contribution in [0.1, 0.15) is 21.5 Å². The Bertz CT molecular complexity index is 839. The van der Waals surface area contributed by atoms with Gasteiger partial charge in [0.25, 0.3) is 5.91 Å². The molecule has 7 nitrogen and oxygen atoms in total. The Morgan fingerprint density at radius 2 is 1.73 bits per heavy atom. The Morgan fingerprint density at radius 1 is 1.04 bits per heavy atom. The van der Waals surface area contributed by atoms with Crippen molar-refractivity contribution in [1.29, 1.82) is 0 Å². The van der Waals surface area contributed by atoms with Crippen LogP contribution in [0, 0.1) is 0 Å². The van der Waals surface area contributed by atoms with Gasteiger partial charge in [-0.1, -0.05) is 12.1 Å². The third-order valence-corrected chi connectivity index (χ3v) is 3.89. The molecular formula is C19H20N4O3. The molecule has 0 aliphatic carbocycles. The van der Waals surface area contributed by atoms with Crippen LogP contribution in [0.4, 0.5) is 0 Å². The summed E-state index contributed by atoms with van der Waals surface area (Å²) in [6.07, 6.45) is 3.15. The fourth-order valence-electron chi connectivity index (χ4n) is 2.52. The summed E-state index contributed by atoms with van der Waals surface area (Å²) < 4.78 is 12.2. The van der Waals surface area contributed by atoms with Gasteiger partial charge in [-0.15, -0.1) is 0 Å². The number of aromatic nitrogens is 3. The normalized spacial score (nSPS) is 10.4. The van der Waals surface area contributed by atoms with Crippen LogP contribution in [-0.2, 0) is 13.1 Å². The van der Waals surface area contributed by atoms with Crippen LogP contribution in [0.5, 0.6) is 11.5 Å². The standard InChI is InChI=1S/C19H20N4O3/c1-25-17-7-15(8-18(9-17)26-2)10-21-19(24)16-5-3-14(4-6-16)11-23-13-20-12-22-23/h3-9,12-13H,10-11H2,1-2H3,(H,21,24). The molecule has 26 heavy (non-hydrogen) atoms. The molecule has 0 saturated carbocycles. The number of carbonyl (C=O) groups excluding carboxylic acids is 1. The van der Waals surface area contributed by atoms with Crippen molar-refractivity contribution in [2.24, 2.45) is 0 Å². The second-order valence-electron chi connectivity index (χ2n) is 5.69. The van der Waals surface area contributed by atoms with Crippen LogP contribution in [-0.4, -0.2) is 34.9 Å². The SMILES string of the molecule is COc1cc(CNC(=O)c2ccc(Cn3cncn3)cc2)cc(OC)c1. The largest absolute Gasteiger partial charge is 0.497 e. The van der Waals surface area contributed by atoms with Gasteiger partial charge in [0.15, 0.2) is 0 Å². The third kappa shape index (κ3) is 4.38. The molecule has 0 unspecified atom stereocenters. The zero-order chi connectivity index (χ0) is 18.4. The Labute approximate surface area is 151 Å². The molecule has 0 spiro atoms. The molecule has 0 aliphatic heterocycles. The maximum Gasteiger partial charge on any atom is 0.251 e. The van der Waals surface area contributed by atoms with Crippen LogP contribution >= 0.6 is 0 Å². The van der Waals surface area contributed by atoms with Crippen molar-refractivity contribution < 1.29 is 14.3 Å². The van der Waals surface area contributed by atoms with E-state index in [4.69, 9.17) is 9.47 Å². The van der Waals surface area contributed by atoms with Crippen molar-refractivity contribution in [1.82, 2.24) is 20.1 Å². The minimum Gasteiger partial charge on any atom is -0.497 e. The fraction of sp³-hybridized carbons (Fsp3) is 0.211. The number of carbonyl (C=O) groups is 1. The number of nitrogens with one attached hydrogen (secondary N) is 1. The van der Waals surface area contributed by atoms with Crippen LogP contribution < -0.4 is 14.8 Å². The number of hydrogen-bond donors (Lipinski definition) is 1. The second kappa shape index (κ2) is 8.15. The van der Waals surface area contributed by atoms with Gasteiger partial charge in [-0.2, -0.15) is 5.10 Å². The first-order chi connectivity index (χ1) is 12.7. The highest BCUT2D eigenvalue weighted by Gasteiger charge is 2.07. The number of amides is 1. The number of hydrogen-bond acceptors (Lipinski definition) is 5. The number of ether oxygens (including phenoxy) is 2. The zero-order valence-electron chi connectivity index (χ0n) is 14.7. The monoisotopic (exact) mass is 352 g/mol. The highest BCUT2D eigenvalue weighted by atomic mass is 16.5. The van der Waals surface area contributed by atoms with Gasteiger partial charge >= 0.3 is 0 Å². The molecule has 0 saturated heterocycles. The molecule has 0 radical (unpaired) electrons. The second-order valence-corrected chi connectivity index (χ2v) is 5.69. The Kier molecular flexibility index (Phi) is 5.48. The first-order valence-electron chi connectivity index (χ1n) is 8.09. The van der Waals surface area contributed by atoms with Gasteiger partial charge in [-0.25, -0.2) is 9.67 Å². The number of benzene rings is 2. The summed E-state index contributed by atoms with van der Waals surface area (Å²) >= 11 is 0. The third-order valence-electron chi connectivity index (χ3n) is 3.89. The summed E-state index contributed by atoms with van der Waals surface area (Å²) in [6, 6.07) is 12.9. The summed E-state index contributed by atoms with van der Waals surface area (Å²) in [4.78, 5) is 16.3. The summed E-state index contributed by atoms with van der Waals surface area (Å²) in [5.74, 6) is 1.23. The molecule has 2 aromatic carbocycles. The van der Waals surface area contributed by atoms with E-state index in [-0.39, 0.29) is 5.91 Å². The van der Waals surface area contributed by atoms with Crippen molar-refractivity contribution in [3.05, 3.63) is 71.8 Å². The van der Waals surface area contributed by atoms with E-state index in [9.17, 15) is 4.79 Å². The van der Waals surface area contributed by atoms with Crippen LogP contribution in [0.2, 0.25) is 0 Å². The van der Waals surface area contributed by atoms with Crippen LogP contribution in [0.15, 0.2) is 55.1 Å². The molecule has 1 N–H and O–H groups in total. The van der Waals surface area contributed by atoms with Gasteiger partial charge < -0.3 is 14.8 Å². The van der Waals surface area contributed by atoms with Gasteiger partial charge in [0.2, 0.25) is 0 Å². The van der Waals surface area contributed by atoms with Crippen molar-refractivity contribution >= 4 is 5.91 Å². The van der Waals surface area contributed by atoms with E-state index in [0.717, 1.165) is 11.1 Å². The average molecular weight is 352 g/mol. The molecule has 3 aromatic rings. The van der Waals surface area contributed by atoms with E-state index in [1.165, 1.54) is 6.33 Å². The number of rotatable bonds is 7. The van der Waals surface area contributed by atoms with Gasteiger partial charge in [0, 0.05) is 18.2 Å². The van der Waals surface area contributed by atoms with Crippen molar-refractivity contribution in [2.45, 2.75) is 13.1 Å². The quantitative estimate of drug-likeness (QED) is 0.706. The van der Waals surface area contributed by atoms with Gasteiger partial charge in [-0.05, 0) is 35.4 Å². The number of methoxy groups -OCH3 is 2. The van der Waals surface area contributed by atoms with Crippen LogP contribution in [0.3, 0.4) is 0 Å². The first kappa shape index (κ1) is 17.5. The lowest BCUT2D eigenvalue weighted by molar-refractivity contribution is 0.0951. The minimum atomic E-state index is -0.140. The minimum absolute atomic E-state index is 0.140. The molecule has 3 rings (SSSR count).